The van der Waals surface area contributed by atoms with E-state index in [1.54, 1.807) is 18.2 Å². The number of carbonyl (C=O) groups is 1. The Labute approximate surface area is 112 Å². The maximum absolute atomic E-state index is 12.0. The molecule has 1 aromatic rings. The highest BCUT2D eigenvalue weighted by Crippen LogP contribution is 2.28. The van der Waals surface area contributed by atoms with E-state index in [-0.39, 0.29) is 11.9 Å². The van der Waals surface area contributed by atoms with Crippen LogP contribution in [0.4, 0.5) is 5.69 Å². The van der Waals surface area contributed by atoms with Crippen molar-refractivity contribution >= 4 is 23.2 Å². The van der Waals surface area contributed by atoms with Crippen molar-refractivity contribution in [1.29, 1.82) is 0 Å². The standard InChI is InChI=1S/C13H17ClN2O2/c1-2-18-12-6-5-9(14)8-11(12)16-13(17)10-4-3-7-15-10/h5-6,8,10,15H,2-4,7H2,1H3,(H,16,17)/t10-/m0/s1. The summed E-state index contributed by atoms with van der Waals surface area (Å²) in [5.41, 5.74) is 0.628. The Balaban J connectivity index is 2.11. The molecule has 5 heteroatoms. The summed E-state index contributed by atoms with van der Waals surface area (Å²) < 4.78 is 5.46. The van der Waals surface area contributed by atoms with Gasteiger partial charge in [0, 0.05) is 5.02 Å². The first-order valence-electron chi connectivity index (χ1n) is 6.17. The van der Waals surface area contributed by atoms with Gasteiger partial charge in [0.25, 0.3) is 0 Å². The molecule has 1 aliphatic rings. The summed E-state index contributed by atoms with van der Waals surface area (Å²) in [5, 5.41) is 6.60. The van der Waals surface area contributed by atoms with E-state index in [4.69, 9.17) is 16.3 Å². The molecule has 1 fully saturated rings. The normalized spacial score (nSPS) is 18.7. The minimum absolute atomic E-state index is 0.0317. The molecule has 98 valence electrons. The summed E-state index contributed by atoms with van der Waals surface area (Å²) in [6.45, 7) is 3.34. The molecule has 2 rings (SSSR count). The van der Waals surface area contributed by atoms with E-state index >= 15 is 0 Å². The van der Waals surface area contributed by atoms with Crippen molar-refractivity contribution in [2.45, 2.75) is 25.8 Å². The Morgan fingerprint density at radius 2 is 2.44 bits per heavy atom. The SMILES string of the molecule is CCOc1ccc(Cl)cc1NC(=O)[C@@H]1CCCN1. The van der Waals surface area contributed by atoms with Crippen LogP contribution in [-0.4, -0.2) is 25.1 Å². The van der Waals surface area contributed by atoms with Crippen LogP contribution in [0.15, 0.2) is 18.2 Å². The van der Waals surface area contributed by atoms with Crippen molar-refractivity contribution < 1.29 is 9.53 Å². The number of carbonyl (C=O) groups excluding carboxylic acids is 1. The third kappa shape index (κ3) is 3.15. The first kappa shape index (κ1) is 13.2. The maximum atomic E-state index is 12.0. The maximum Gasteiger partial charge on any atom is 0.241 e. The molecule has 1 aliphatic heterocycles. The number of benzene rings is 1. The summed E-state index contributed by atoms with van der Waals surface area (Å²) in [6, 6.07) is 5.11. The Kier molecular flexibility index (Phi) is 4.44. The lowest BCUT2D eigenvalue weighted by Gasteiger charge is -2.14. The summed E-state index contributed by atoms with van der Waals surface area (Å²) in [6.07, 6.45) is 1.91. The molecule has 4 nitrogen and oxygen atoms in total. The topological polar surface area (TPSA) is 50.4 Å². The van der Waals surface area contributed by atoms with Crippen LogP contribution in [0.5, 0.6) is 5.75 Å². The molecule has 0 aromatic heterocycles. The number of hydrogen-bond acceptors (Lipinski definition) is 3. The molecule has 0 bridgehead atoms. The Bertz CT molecular complexity index is 431. The number of anilines is 1. The molecule has 18 heavy (non-hydrogen) atoms. The monoisotopic (exact) mass is 268 g/mol. The zero-order valence-corrected chi connectivity index (χ0v) is 11.1. The van der Waals surface area contributed by atoms with Gasteiger partial charge in [-0.15, -0.1) is 0 Å². The van der Waals surface area contributed by atoms with Gasteiger partial charge in [0.1, 0.15) is 5.75 Å². The van der Waals surface area contributed by atoms with E-state index in [0.29, 0.717) is 23.1 Å². The van der Waals surface area contributed by atoms with E-state index in [1.807, 2.05) is 6.92 Å². The number of amides is 1. The van der Waals surface area contributed by atoms with E-state index < -0.39 is 0 Å². The second-order valence-electron chi connectivity index (χ2n) is 4.21. The summed E-state index contributed by atoms with van der Waals surface area (Å²) in [4.78, 5) is 12.0. The van der Waals surface area contributed by atoms with Crippen molar-refractivity contribution in [3.8, 4) is 5.75 Å². The van der Waals surface area contributed by atoms with Gasteiger partial charge in [0.05, 0.1) is 18.3 Å². The van der Waals surface area contributed by atoms with Gasteiger partial charge >= 0.3 is 0 Å². The van der Waals surface area contributed by atoms with Crippen LogP contribution in [0.25, 0.3) is 0 Å². The highest BCUT2D eigenvalue weighted by atomic mass is 35.5. The van der Waals surface area contributed by atoms with E-state index in [2.05, 4.69) is 10.6 Å². The summed E-state index contributed by atoms with van der Waals surface area (Å²) in [5.74, 6) is 0.615. The van der Waals surface area contributed by atoms with Gasteiger partial charge in [0.15, 0.2) is 0 Å². The second kappa shape index (κ2) is 6.07. The molecule has 1 amide bonds. The molecular weight excluding hydrogens is 252 g/mol. The average Bonchev–Trinajstić information content (AvgIpc) is 2.86. The van der Waals surface area contributed by atoms with E-state index in [1.165, 1.54) is 0 Å². The molecule has 0 radical (unpaired) electrons. The van der Waals surface area contributed by atoms with Gasteiger partial charge in [-0.1, -0.05) is 11.6 Å². The van der Waals surface area contributed by atoms with Crippen molar-refractivity contribution in [3.63, 3.8) is 0 Å². The van der Waals surface area contributed by atoms with Crippen LogP contribution in [0.3, 0.4) is 0 Å². The molecule has 0 spiro atoms. The van der Waals surface area contributed by atoms with Gasteiger partial charge in [0.2, 0.25) is 5.91 Å². The number of halogens is 1. The third-order valence-electron chi connectivity index (χ3n) is 2.88. The van der Waals surface area contributed by atoms with Crippen LogP contribution in [0.1, 0.15) is 19.8 Å². The quantitative estimate of drug-likeness (QED) is 0.882. The van der Waals surface area contributed by atoms with Crippen LogP contribution >= 0.6 is 11.6 Å². The predicted octanol–water partition coefficient (Wildman–Crippen LogP) is 2.43. The Morgan fingerprint density at radius 3 is 3.11 bits per heavy atom. The van der Waals surface area contributed by atoms with Crippen LogP contribution in [0, 0.1) is 0 Å². The zero-order chi connectivity index (χ0) is 13.0. The molecule has 0 saturated carbocycles. The van der Waals surface area contributed by atoms with E-state index in [9.17, 15) is 4.79 Å². The molecule has 1 aromatic carbocycles. The molecule has 1 atom stereocenters. The molecule has 0 aliphatic carbocycles. The van der Waals surface area contributed by atoms with Gasteiger partial charge < -0.3 is 15.4 Å². The van der Waals surface area contributed by atoms with Gasteiger partial charge in [-0.25, -0.2) is 0 Å². The largest absolute Gasteiger partial charge is 0.492 e. The van der Waals surface area contributed by atoms with Crippen LogP contribution in [-0.2, 0) is 4.79 Å². The molecule has 2 N–H and O–H groups in total. The Morgan fingerprint density at radius 1 is 1.61 bits per heavy atom. The van der Waals surface area contributed by atoms with Crippen molar-refractivity contribution in [3.05, 3.63) is 23.2 Å². The number of hydrogen-bond donors (Lipinski definition) is 2. The smallest absolute Gasteiger partial charge is 0.241 e. The fraction of sp³-hybridized carbons (Fsp3) is 0.462. The lowest BCUT2D eigenvalue weighted by molar-refractivity contribution is -0.117. The van der Waals surface area contributed by atoms with Crippen molar-refractivity contribution in [2.24, 2.45) is 0 Å². The highest BCUT2D eigenvalue weighted by molar-refractivity contribution is 6.31. The predicted molar refractivity (Wildman–Crippen MR) is 72.3 cm³/mol. The van der Waals surface area contributed by atoms with E-state index in [0.717, 1.165) is 19.4 Å². The van der Waals surface area contributed by atoms with Crippen LogP contribution in [0.2, 0.25) is 5.02 Å². The minimum atomic E-state index is -0.113. The Hall–Kier alpha value is -1.26. The highest BCUT2D eigenvalue weighted by Gasteiger charge is 2.22. The number of rotatable bonds is 4. The third-order valence-corrected chi connectivity index (χ3v) is 3.11. The van der Waals surface area contributed by atoms with Crippen molar-refractivity contribution in [1.82, 2.24) is 5.32 Å². The summed E-state index contributed by atoms with van der Waals surface area (Å²) >= 11 is 5.94. The first-order chi connectivity index (χ1) is 8.70. The van der Waals surface area contributed by atoms with Gasteiger partial charge in [-0.3, -0.25) is 4.79 Å². The van der Waals surface area contributed by atoms with Crippen molar-refractivity contribution in [2.75, 3.05) is 18.5 Å². The molecule has 1 heterocycles. The number of ether oxygens (including phenoxy) is 1. The fourth-order valence-corrected chi connectivity index (χ4v) is 2.18. The van der Waals surface area contributed by atoms with Gasteiger partial charge in [-0.2, -0.15) is 0 Å². The zero-order valence-electron chi connectivity index (χ0n) is 10.3. The average molecular weight is 269 g/mol. The lowest BCUT2D eigenvalue weighted by atomic mass is 10.2. The molecular formula is C13H17ClN2O2. The lowest BCUT2D eigenvalue weighted by Crippen LogP contribution is -2.35. The fourth-order valence-electron chi connectivity index (χ4n) is 2.01. The first-order valence-corrected chi connectivity index (χ1v) is 6.55. The van der Waals surface area contributed by atoms with Crippen LogP contribution < -0.4 is 15.4 Å². The summed E-state index contributed by atoms with van der Waals surface area (Å²) in [7, 11) is 0. The second-order valence-corrected chi connectivity index (χ2v) is 4.65. The minimum Gasteiger partial charge on any atom is -0.492 e. The van der Waals surface area contributed by atoms with Gasteiger partial charge in [-0.05, 0) is 44.5 Å². The molecule has 1 saturated heterocycles. The molecule has 0 unspecified atom stereocenters. The number of nitrogens with one attached hydrogen (secondary N) is 2.